The zero-order chi connectivity index (χ0) is 13.5. The highest BCUT2D eigenvalue weighted by Crippen LogP contribution is 2.13. The number of carbonyl (C=O) groups excluding carboxylic acids is 2. The van der Waals surface area contributed by atoms with Crippen molar-refractivity contribution >= 4 is 29.2 Å². The second-order valence-electron chi connectivity index (χ2n) is 4.09. The van der Waals surface area contributed by atoms with Crippen LogP contribution in [0.15, 0.2) is 24.3 Å². The summed E-state index contributed by atoms with van der Waals surface area (Å²) in [6.07, 6.45) is 0.0306. The Morgan fingerprint density at radius 1 is 1.22 bits per heavy atom. The Morgan fingerprint density at radius 2 is 1.83 bits per heavy atom. The van der Waals surface area contributed by atoms with E-state index in [1.54, 1.807) is 38.1 Å². The maximum atomic E-state index is 11.5. The molecule has 0 heterocycles. The van der Waals surface area contributed by atoms with Crippen molar-refractivity contribution in [2.45, 2.75) is 32.8 Å². The van der Waals surface area contributed by atoms with Crippen LogP contribution in [0.4, 0.5) is 5.69 Å². The molecule has 1 aromatic rings. The summed E-state index contributed by atoms with van der Waals surface area (Å²) in [5.74, 6) is -0.589. The molecule has 0 unspecified atom stereocenters. The number of benzene rings is 1. The zero-order valence-corrected chi connectivity index (χ0v) is 11.2. The highest BCUT2D eigenvalue weighted by atomic mass is 35.5. The summed E-state index contributed by atoms with van der Waals surface area (Å²) in [6, 6.07) is 6.77. The van der Waals surface area contributed by atoms with E-state index >= 15 is 0 Å². The van der Waals surface area contributed by atoms with Gasteiger partial charge < -0.3 is 10.1 Å². The molecular formula is C13H16ClNO3. The number of carbonyl (C=O) groups is 2. The lowest BCUT2D eigenvalue weighted by Gasteiger charge is -2.08. The molecular weight excluding hydrogens is 254 g/mol. The SMILES string of the molecule is CC(C)OC(=O)CCC(=O)Nc1ccc(Cl)cc1. The van der Waals surface area contributed by atoms with E-state index in [1.807, 2.05) is 0 Å². The number of ether oxygens (including phenoxy) is 1. The Balaban J connectivity index is 2.34. The van der Waals surface area contributed by atoms with Gasteiger partial charge in [0.05, 0.1) is 12.5 Å². The fraction of sp³-hybridized carbons (Fsp3) is 0.385. The number of hydrogen-bond donors (Lipinski definition) is 1. The number of nitrogens with one attached hydrogen (secondary N) is 1. The van der Waals surface area contributed by atoms with Gasteiger partial charge in [0.2, 0.25) is 5.91 Å². The van der Waals surface area contributed by atoms with Gasteiger partial charge in [-0.15, -0.1) is 0 Å². The Kier molecular flexibility index (Phi) is 5.65. The number of rotatable bonds is 5. The van der Waals surface area contributed by atoms with Crippen LogP contribution in [0.5, 0.6) is 0 Å². The highest BCUT2D eigenvalue weighted by Gasteiger charge is 2.09. The predicted molar refractivity (Wildman–Crippen MR) is 70.5 cm³/mol. The quantitative estimate of drug-likeness (QED) is 0.836. The summed E-state index contributed by atoms with van der Waals surface area (Å²) >= 11 is 5.73. The van der Waals surface area contributed by atoms with Crippen molar-refractivity contribution in [1.29, 1.82) is 0 Å². The Hall–Kier alpha value is -1.55. The molecule has 5 heteroatoms. The molecule has 1 amide bonds. The van der Waals surface area contributed by atoms with Gasteiger partial charge in [-0.05, 0) is 38.1 Å². The number of anilines is 1. The normalized spacial score (nSPS) is 10.2. The largest absolute Gasteiger partial charge is 0.463 e. The van der Waals surface area contributed by atoms with Crippen LogP contribution in [-0.4, -0.2) is 18.0 Å². The topological polar surface area (TPSA) is 55.4 Å². The van der Waals surface area contributed by atoms with Gasteiger partial charge in [-0.2, -0.15) is 0 Å². The maximum Gasteiger partial charge on any atom is 0.306 e. The molecule has 0 saturated carbocycles. The lowest BCUT2D eigenvalue weighted by atomic mass is 10.2. The van der Waals surface area contributed by atoms with Gasteiger partial charge in [-0.3, -0.25) is 9.59 Å². The van der Waals surface area contributed by atoms with E-state index in [0.717, 1.165) is 0 Å². The molecule has 0 aliphatic rings. The molecule has 0 spiro atoms. The minimum absolute atomic E-state index is 0.0810. The Bertz CT molecular complexity index is 415. The Morgan fingerprint density at radius 3 is 2.39 bits per heavy atom. The first-order chi connectivity index (χ1) is 8.47. The third kappa shape index (κ3) is 5.68. The van der Waals surface area contributed by atoms with E-state index in [2.05, 4.69) is 5.32 Å². The lowest BCUT2D eigenvalue weighted by Crippen LogP contribution is -2.16. The molecule has 0 atom stereocenters. The number of hydrogen-bond acceptors (Lipinski definition) is 3. The fourth-order valence-corrected chi connectivity index (χ4v) is 1.42. The van der Waals surface area contributed by atoms with Crippen LogP contribution in [0.1, 0.15) is 26.7 Å². The second-order valence-corrected chi connectivity index (χ2v) is 4.53. The number of esters is 1. The first-order valence-electron chi connectivity index (χ1n) is 5.72. The average molecular weight is 270 g/mol. The van der Waals surface area contributed by atoms with E-state index in [4.69, 9.17) is 16.3 Å². The predicted octanol–water partition coefficient (Wildman–Crippen LogP) is 3.01. The fourth-order valence-electron chi connectivity index (χ4n) is 1.29. The van der Waals surface area contributed by atoms with Crippen molar-refractivity contribution < 1.29 is 14.3 Å². The van der Waals surface area contributed by atoms with E-state index in [0.29, 0.717) is 10.7 Å². The molecule has 0 aliphatic carbocycles. The van der Waals surface area contributed by atoms with E-state index in [1.165, 1.54) is 0 Å². The molecule has 0 aliphatic heterocycles. The monoisotopic (exact) mass is 269 g/mol. The lowest BCUT2D eigenvalue weighted by molar-refractivity contribution is -0.148. The van der Waals surface area contributed by atoms with Gasteiger partial charge in [0, 0.05) is 17.1 Å². The third-order valence-electron chi connectivity index (χ3n) is 2.05. The van der Waals surface area contributed by atoms with Gasteiger partial charge in [0.15, 0.2) is 0 Å². The van der Waals surface area contributed by atoms with Crippen LogP contribution in [0, 0.1) is 0 Å². The standard InChI is InChI=1S/C13H16ClNO3/c1-9(2)18-13(17)8-7-12(16)15-11-5-3-10(14)4-6-11/h3-6,9H,7-8H2,1-2H3,(H,15,16). The molecule has 4 nitrogen and oxygen atoms in total. The minimum atomic E-state index is -0.365. The molecule has 98 valence electrons. The summed E-state index contributed by atoms with van der Waals surface area (Å²) in [5, 5.41) is 3.28. The van der Waals surface area contributed by atoms with Gasteiger partial charge in [-0.25, -0.2) is 0 Å². The van der Waals surface area contributed by atoms with Gasteiger partial charge >= 0.3 is 5.97 Å². The molecule has 1 N–H and O–H groups in total. The summed E-state index contributed by atoms with van der Waals surface area (Å²) < 4.78 is 4.93. The first kappa shape index (κ1) is 14.5. The highest BCUT2D eigenvalue weighted by molar-refractivity contribution is 6.30. The number of amides is 1. The van der Waals surface area contributed by atoms with Gasteiger partial charge in [0.25, 0.3) is 0 Å². The molecule has 1 aromatic carbocycles. The summed E-state index contributed by atoms with van der Waals surface area (Å²) in [6.45, 7) is 3.54. The summed E-state index contributed by atoms with van der Waals surface area (Å²) in [7, 11) is 0. The van der Waals surface area contributed by atoms with Crippen molar-refractivity contribution in [3.63, 3.8) is 0 Å². The van der Waals surface area contributed by atoms with Crippen LogP contribution in [-0.2, 0) is 14.3 Å². The number of halogens is 1. The zero-order valence-electron chi connectivity index (χ0n) is 10.4. The molecule has 0 saturated heterocycles. The van der Waals surface area contributed by atoms with Crippen LogP contribution in [0.3, 0.4) is 0 Å². The van der Waals surface area contributed by atoms with E-state index < -0.39 is 0 Å². The van der Waals surface area contributed by atoms with Crippen LogP contribution in [0.25, 0.3) is 0 Å². The smallest absolute Gasteiger partial charge is 0.306 e. The van der Waals surface area contributed by atoms with E-state index in [-0.39, 0.29) is 30.8 Å². The third-order valence-corrected chi connectivity index (χ3v) is 2.30. The molecule has 0 aromatic heterocycles. The molecule has 0 fully saturated rings. The van der Waals surface area contributed by atoms with Crippen molar-refractivity contribution in [2.24, 2.45) is 0 Å². The first-order valence-corrected chi connectivity index (χ1v) is 6.10. The van der Waals surface area contributed by atoms with Crippen molar-refractivity contribution in [1.82, 2.24) is 0 Å². The van der Waals surface area contributed by atoms with Crippen LogP contribution < -0.4 is 5.32 Å². The van der Waals surface area contributed by atoms with Crippen LogP contribution >= 0.6 is 11.6 Å². The molecule has 0 bridgehead atoms. The average Bonchev–Trinajstić information content (AvgIpc) is 2.29. The molecule has 18 heavy (non-hydrogen) atoms. The summed E-state index contributed by atoms with van der Waals surface area (Å²) in [4.78, 5) is 22.8. The maximum absolute atomic E-state index is 11.5. The van der Waals surface area contributed by atoms with Crippen molar-refractivity contribution in [2.75, 3.05) is 5.32 Å². The molecule has 1 rings (SSSR count). The van der Waals surface area contributed by atoms with Crippen molar-refractivity contribution in [3.05, 3.63) is 29.3 Å². The summed E-state index contributed by atoms with van der Waals surface area (Å²) in [5.41, 5.74) is 0.654. The Labute approximate surface area is 111 Å². The van der Waals surface area contributed by atoms with Gasteiger partial charge in [0.1, 0.15) is 0 Å². The second kappa shape index (κ2) is 7.01. The van der Waals surface area contributed by atoms with Crippen LogP contribution in [0.2, 0.25) is 5.02 Å². The molecule has 0 radical (unpaired) electrons. The van der Waals surface area contributed by atoms with Crippen molar-refractivity contribution in [3.8, 4) is 0 Å². The van der Waals surface area contributed by atoms with Gasteiger partial charge in [-0.1, -0.05) is 11.6 Å². The van der Waals surface area contributed by atoms with E-state index in [9.17, 15) is 9.59 Å². The minimum Gasteiger partial charge on any atom is -0.463 e.